The molecule has 1 saturated heterocycles. The number of esters is 1. The molecule has 2 aliphatic rings. The summed E-state index contributed by atoms with van der Waals surface area (Å²) in [4.78, 5) is 11.4. The fourth-order valence-corrected chi connectivity index (χ4v) is 1.54. The van der Waals surface area contributed by atoms with Gasteiger partial charge in [0.25, 0.3) is 0 Å². The van der Waals surface area contributed by atoms with Crippen LogP contribution in [0.25, 0.3) is 0 Å². The van der Waals surface area contributed by atoms with Crippen molar-refractivity contribution in [2.75, 3.05) is 0 Å². The van der Waals surface area contributed by atoms with Crippen LogP contribution in [0.5, 0.6) is 0 Å². The topological polar surface area (TPSA) is 55.8 Å². The zero-order valence-corrected chi connectivity index (χ0v) is 7.84. The summed E-state index contributed by atoms with van der Waals surface area (Å²) in [6, 6.07) is 0. The Labute approximate surface area is 81.8 Å². The van der Waals surface area contributed by atoms with Crippen LogP contribution in [-0.2, 0) is 14.3 Å². The number of fused-ring (bicyclic) bond motifs is 2. The Bertz CT molecular complexity index is 305. The lowest BCUT2D eigenvalue weighted by Crippen LogP contribution is -2.36. The number of ether oxygens (including phenoxy) is 2. The van der Waals surface area contributed by atoms with Crippen LogP contribution in [0, 0.1) is 0 Å². The minimum Gasteiger partial charge on any atom is -0.476 e. The molecule has 4 nitrogen and oxygen atoms in total. The quantitative estimate of drug-likeness (QED) is 0.574. The summed E-state index contributed by atoms with van der Waals surface area (Å²) >= 11 is 0. The van der Waals surface area contributed by atoms with Crippen LogP contribution < -0.4 is 0 Å². The Balaban J connectivity index is 2.24. The second kappa shape index (κ2) is 3.46. The lowest BCUT2D eigenvalue weighted by molar-refractivity contribution is -0.162. The minimum atomic E-state index is -0.701. The molecule has 3 unspecified atom stereocenters. The fourth-order valence-electron chi connectivity index (χ4n) is 1.54. The van der Waals surface area contributed by atoms with Crippen LogP contribution in [0.15, 0.2) is 24.0 Å². The van der Waals surface area contributed by atoms with Crippen molar-refractivity contribution in [1.29, 1.82) is 0 Å². The zero-order chi connectivity index (χ0) is 10.1. The van der Waals surface area contributed by atoms with Crippen LogP contribution in [0.4, 0.5) is 0 Å². The molecule has 0 aromatic heterocycles. The molecular formula is C10H12O4. The van der Waals surface area contributed by atoms with Gasteiger partial charge in [-0.25, -0.2) is 4.79 Å². The van der Waals surface area contributed by atoms with Crippen molar-refractivity contribution in [1.82, 2.24) is 0 Å². The predicted molar refractivity (Wildman–Crippen MR) is 48.3 cm³/mol. The van der Waals surface area contributed by atoms with Crippen molar-refractivity contribution >= 4 is 5.97 Å². The van der Waals surface area contributed by atoms with E-state index in [1.165, 1.54) is 0 Å². The largest absolute Gasteiger partial charge is 0.476 e. The molecule has 0 radical (unpaired) electrons. The van der Waals surface area contributed by atoms with Gasteiger partial charge in [0.2, 0.25) is 6.10 Å². The highest BCUT2D eigenvalue weighted by molar-refractivity contribution is 5.77. The van der Waals surface area contributed by atoms with Gasteiger partial charge in [-0.1, -0.05) is 6.08 Å². The Morgan fingerprint density at radius 3 is 3.07 bits per heavy atom. The third-order valence-corrected chi connectivity index (χ3v) is 2.24. The average molecular weight is 196 g/mol. The SMILES string of the molecule is CC1CC(O)C2=CC=CC(O2)C(=O)O1. The van der Waals surface area contributed by atoms with Gasteiger partial charge in [0.05, 0.1) is 0 Å². The van der Waals surface area contributed by atoms with Crippen molar-refractivity contribution in [3.8, 4) is 0 Å². The summed E-state index contributed by atoms with van der Waals surface area (Å²) in [5.41, 5.74) is 0. The third-order valence-electron chi connectivity index (χ3n) is 2.24. The maximum Gasteiger partial charge on any atom is 0.351 e. The van der Waals surface area contributed by atoms with E-state index in [4.69, 9.17) is 9.47 Å². The molecule has 2 rings (SSSR count). The number of hydrogen-bond donors (Lipinski definition) is 1. The van der Waals surface area contributed by atoms with E-state index in [1.54, 1.807) is 25.2 Å². The fraction of sp³-hybridized carbons (Fsp3) is 0.500. The van der Waals surface area contributed by atoms with Gasteiger partial charge in [0.15, 0.2) is 0 Å². The summed E-state index contributed by atoms with van der Waals surface area (Å²) in [5.74, 6) is 0.0484. The van der Waals surface area contributed by atoms with Crippen LogP contribution in [0.1, 0.15) is 13.3 Å². The van der Waals surface area contributed by atoms with E-state index < -0.39 is 18.2 Å². The van der Waals surface area contributed by atoms with E-state index >= 15 is 0 Å². The molecule has 0 saturated carbocycles. The molecule has 2 aliphatic heterocycles. The molecule has 2 bridgehead atoms. The number of rotatable bonds is 0. The van der Waals surface area contributed by atoms with Crippen molar-refractivity contribution in [2.24, 2.45) is 0 Å². The van der Waals surface area contributed by atoms with Gasteiger partial charge in [-0.2, -0.15) is 0 Å². The lowest BCUT2D eigenvalue weighted by Gasteiger charge is -2.28. The maximum absolute atomic E-state index is 11.4. The number of allylic oxidation sites excluding steroid dienone is 2. The van der Waals surface area contributed by atoms with Crippen molar-refractivity contribution < 1.29 is 19.4 Å². The second-order valence-electron chi connectivity index (χ2n) is 3.49. The van der Waals surface area contributed by atoms with Gasteiger partial charge < -0.3 is 14.6 Å². The summed E-state index contributed by atoms with van der Waals surface area (Å²) < 4.78 is 10.3. The van der Waals surface area contributed by atoms with E-state index in [2.05, 4.69) is 0 Å². The highest BCUT2D eigenvalue weighted by atomic mass is 16.6. The van der Waals surface area contributed by atoms with Gasteiger partial charge in [-0.15, -0.1) is 0 Å². The summed E-state index contributed by atoms with van der Waals surface area (Å²) in [5, 5.41) is 9.66. The Hall–Kier alpha value is -1.29. The molecule has 1 fully saturated rings. The molecule has 0 amide bonds. The van der Waals surface area contributed by atoms with Gasteiger partial charge in [-0.3, -0.25) is 0 Å². The molecule has 3 atom stereocenters. The highest BCUT2D eigenvalue weighted by Crippen LogP contribution is 2.22. The Kier molecular flexibility index (Phi) is 2.29. The Morgan fingerprint density at radius 1 is 1.50 bits per heavy atom. The molecule has 0 aromatic rings. The number of aliphatic hydroxyl groups is 1. The van der Waals surface area contributed by atoms with Gasteiger partial charge in [-0.05, 0) is 19.1 Å². The number of hydrogen-bond acceptors (Lipinski definition) is 4. The normalized spacial score (nSPS) is 36.3. The first-order chi connectivity index (χ1) is 6.66. The first-order valence-electron chi connectivity index (χ1n) is 4.60. The van der Waals surface area contributed by atoms with Crippen molar-refractivity contribution in [2.45, 2.75) is 31.7 Å². The summed E-state index contributed by atoms with van der Waals surface area (Å²) in [7, 11) is 0. The van der Waals surface area contributed by atoms with Crippen molar-refractivity contribution in [3.63, 3.8) is 0 Å². The zero-order valence-electron chi connectivity index (χ0n) is 7.84. The smallest absolute Gasteiger partial charge is 0.351 e. The average Bonchev–Trinajstić information content (AvgIpc) is 2.16. The van der Waals surface area contributed by atoms with Gasteiger partial charge in [0, 0.05) is 6.42 Å². The van der Waals surface area contributed by atoms with E-state index in [0.29, 0.717) is 12.2 Å². The molecule has 76 valence electrons. The van der Waals surface area contributed by atoms with Crippen LogP contribution in [-0.4, -0.2) is 29.4 Å². The number of cyclic esters (lactones) is 1. The molecule has 1 N–H and O–H groups in total. The van der Waals surface area contributed by atoms with Gasteiger partial charge in [0.1, 0.15) is 18.0 Å². The van der Waals surface area contributed by atoms with Gasteiger partial charge >= 0.3 is 5.97 Å². The number of carbonyl (C=O) groups is 1. The summed E-state index contributed by atoms with van der Waals surface area (Å²) in [6.45, 7) is 1.76. The van der Waals surface area contributed by atoms with E-state index in [9.17, 15) is 9.90 Å². The second-order valence-corrected chi connectivity index (χ2v) is 3.49. The highest BCUT2D eigenvalue weighted by Gasteiger charge is 2.30. The van der Waals surface area contributed by atoms with E-state index in [1.807, 2.05) is 0 Å². The number of aliphatic hydroxyl groups excluding tert-OH is 1. The standard InChI is InChI=1S/C10H12O4/c1-6-5-7(11)8-3-2-4-9(14-8)10(12)13-6/h2-4,6-7,9,11H,5H2,1H3. The molecule has 14 heavy (non-hydrogen) atoms. The predicted octanol–water partition coefficient (Wildman–Crippen LogP) is 0.522. The first-order valence-corrected chi connectivity index (χ1v) is 4.60. The van der Waals surface area contributed by atoms with E-state index in [0.717, 1.165) is 0 Å². The molecule has 0 spiro atoms. The van der Waals surface area contributed by atoms with Crippen LogP contribution in [0.3, 0.4) is 0 Å². The van der Waals surface area contributed by atoms with Crippen LogP contribution in [0.2, 0.25) is 0 Å². The summed E-state index contributed by atoms with van der Waals surface area (Å²) in [6.07, 6.45) is 3.68. The monoisotopic (exact) mass is 196 g/mol. The molecular weight excluding hydrogens is 184 g/mol. The molecule has 0 aliphatic carbocycles. The van der Waals surface area contributed by atoms with Crippen LogP contribution >= 0.6 is 0 Å². The lowest BCUT2D eigenvalue weighted by atomic mass is 10.1. The third kappa shape index (κ3) is 1.65. The molecule has 2 heterocycles. The molecule has 0 aromatic carbocycles. The van der Waals surface area contributed by atoms with E-state index in [-0.39, 0.29) is 6.10 Å². The maximum atomic E-state index is 11.4. The number of carbonyl (C=O) groups excluding carboxylic acids is 1. The first kappa shape index (κ1) is 9.27. The van der Waals surface area contributed by atoms with Crippen molar-refractivity contribution in [3.05, 3.63) is 24.0 Å². The Morgan fingerprint density at radius 2 is 2.29 bits per heavy atom. The molecule has 4 heteroatoms. The minimum absolute atomic E-state index is 0.279.